The Bertz CT molecular complexity index is 425. The maximum atomic E-state index is 5.08. The SMILES string of the molecule is COCCNCc1cc(Br)ccc1N1CCCC(C)C1. The van der Waals surface area contributed by atoms with Crippen molar-refractivity contribution in [1.29, 1.82) is 0 Å². The highest BCUT2D eigenvalue weighted by molar-refractivity contribution is 9.10. The van der Waals surface area contributed by atoms with E-state index in [0.717, 1.165) is 30.1 Å². The number of hydrogen-bond donors (Lipinski definition) is 1. The van der Waals surface area contributed by atoms with Crippen LogP contribution in [-0.4, -0.2) is 33.4 Å². The molecule has 20 heavy (non-hydrogen) atoms. The minimum Gasteiger partial charge on any atom is -0.383 e. The van der Waals surface area contributed by atoms with Crippen LogP contribution >= 0.6 is 15.9 Å². The molecule has 4 heteroatoms. The fourth-order valence-electron chi connectivity index (χ4n) is 2.81. The fraction of sp³-hybridized carbons (Fsp3) is 0.625. The molecule has 1 aliphatic heterocycles. The second kappa shape index (κ2) is 8.01. The highest BCUT2D eigenvalue weighted by Crippen LogP contribution is 2.28. The van der Waals surface area contributed by atoms with Crippen molar-refractivity contribution in [1.82, 2.24) is 5.32 Å². The number of methoxy groups -OCH3 is 1. The molecule has 1 saturated heterocycles. The average Bonchev–Trinajstić information content (AvgIpc) is 2.44. The van der Waals surface area contributed by atoms with E-state index < -0.39 is 0 Å². The van der Waals surface area contributed by atoms with Crippen LogP contribution in [0.15, 0.2) is 22.7 Å². The van der Waals surface area contributed by atoms with Crippen LogP contribution in [0, 0.1) is 5.92 Å². The van der Waals surface area contributed by atoms with E-state index in [9.17, 15) is 0 Å². The molecule has 1 atom stereocenters. The van der Waals surface area contributed by atoms with Crippen molar-refractivity contribution in [2.75, 3.05) is 38.3 Å². The molecule has 1 aromatic rings. The minimum atomic E-state index is 0.754. The summed E-state index contributed by atoms with van der Waals surface area (Å²) in [5.41, 5.74) is 2.74. The van der Waals surface area contributed by atoms with Crippen molar-refractivity contribution in [2.45, 2.75) is 26.3 Å². The third-order valence-corrected chi connectivity index (χ3v) is 4.33. The molecule has 1 fully saturated rings. The molecule has 0 bridgehead atoms. The Balaban J connectivity index is 2.06. The Morgan fingerprint density at radius 1 is 1.45 bits per heavy atom. The van der Waals surface area contributed by atoms with Crippen molar-refractivity contribution in [3.05, 3.63) is 28.2 Å². The lowest BCUT2D eigenvalue weighted by atomic mass is 9.99. The normalized spacial score (nSPS) is 19.4. The van der Waals surface area contributed by atoms with E-state index in [1.54, 1.807) is 7.11 Å². The number of anilines is 1. The minimum absolute atomic E-state index is 0.754. The van der Waals surface area contributed by atoms with Gasteiger partial charge in [-0.25, -0.2) is 0 Å². The van der Waals surface area contributed by atoms with Gasteiger partial charge in [0.2, 0.25) is 0 Å². The van der Waals surface area contributed by atoms with E-state index in [0.29, 0.717) is 0 Å². The maximum absolute atomic E-state index is 5.08. The van der Waals surface area contributed by atoms with Crippen molar-refractivity contribution in [2.24, 2.45) is 5.92 Å². The van der Waals surface area contributed by atoms with Gasteiger partial charge in [0, 0.05) is 43.4 Å². The zero-order valence-corrected chi connectivity index (χ0v) is 14.1. The number of ether oxygens (including phenoxy) is 1. The van der Waals surface area contributed by atoms with E-state index in [1.807, 2.05) is 0 Å². The Hall–Kier alpha value is -0.580. The van der Waals surface area contributed by atoms with Gasteiger partial charge in [-0.1, -0.05) is 22.9 Å². The molecule has 0 aliphatic carbocycles. The van der Waals surface area contributed by atoms with Gasteiger partial charge in [0.05, 0.1) is 6.61 Å². The van der Waals surface area contributed by atoms with Crippen LogP contribution in [0.3, 0.4) is 0 Å². The molecule has 0 saturated carbocycles. The van der Waals surface area contributed by atoms with Gasteiger partial charge in [-0.2, -0.15) is 0 Å². The zero-order valence-electron chi connectivity index (χ0n) is 12.5. The number of piperidine rings is 1. The lowest BCUT2D eigenvalue weighted by Gasteiger charge is -2.34. The molecular weight excluding hydrogens is 316 g/mol. The average molecular weight is 341 g/mol. The highest BCUT2D eigenvalue weighted by atomic mass is 79.9. The van der Waals surface area contributed by atoms with E-state index in [2.05, 4.69) is 51.3 Å². The third kappa shape index (κ3) is 4.47. The van der Waals surface area contributed by atoms with Crippen molar-refractivity contribution in [3.63, 3.8) is 0 Å². The molecule has 1 aromatic carbocycles. The molecule has 0 radical (unpaired) electrons. The second-order valence-corrected chi connectivity index (χ2v) is 6.55. The largest absolute Gasteiger partial charge is 0.383 e. The number of benzene rings is 1. The maximum Gasteiger partial charge on any atom is 0.0587 e. The molecule has 0 aromatic heterocycles. The lowest BCUT2D eigenvalue weighted by Crippen LogP contribution is -2.35. The number of hydrogen-bond acceptors (Lipinski definition) is 3. The number of halogens is 1. The van der Waals surface area contributed by atoms with Crippen LogP contribution in [0.5, 0.6) is 0 Å². The molecule has 112 valence electrons. The standard InChI is InChI=1S/C16H25BrN2O/c1-13-4-3-8-19(12-13)16-6-5-15(17)10-14(16)11-18-7-9-20-2/h5-6,10,13,18H,3-4,7-9,11-12H2,1-2H3. The van der Waals surface area contributed by atoms with Crippen molar-refractivity contribution >= 4 is 21.6 Å². The molecule has 1 aliphatic rings. The molecule has 3 nitrogen and oxygen atoms in total. The first-order valence-electron chi connectivity index (χ1n) is 7.43. The van der Waals surface area contributed by atoms with Gasteiger partial charge in [-0.3, -0.25) is 0 Å². The van der Waals surface area contributed by atoms with Gasteiger partial charge >= 0.3 is 0 Å². The molecular formula is C16H25BrN2O. The van der Waals surface area contributed by atoms with Crippen molar-refractivity contribution in [3.8, 4) is 0 Å². The van der Waals surface area contributed by atoms with E-state index in [1.165, 1.54) is 37.2 Å². The molecule has 1 unspecified atom stereocenters. The lowest BCUT2D eigenvalue weighted by molar-refractivity contribution is 0.199. The smallest absolute Gasteiger partial charge is 0.0587 e. The Morgan fingerprint density at radius 3 is 3.05 bits per heavy atom. The quantitative estimate of drug-likeness (QED) is 0.803. The van der Waals surface area contributed by atoms with Gasteiger partial charge in [-0.15, -0.1) is 0 Å². The molecule has 1 N–H and O–H groups in total. The topological polar surface area (TPSA) is 24.5 Å². The van der Waals surface area contributed by atoms with Crippen LogP contribution in [0.25, 0.3) is 0 Å². The summed E-state index contributed by atoms with van der Waals surface area (Å²) in [4.78, 5) is 2.54. The first-order valence-corrected chi connectivity index (χ1v) is 8.23. The molecule has 0 spiro atoms. The summed E-state index contributed by atoms with van der Waals surface area (Å²) < 4.78 is 6.23. The van der Waals surface area contributed by atoms with E-state index in [-0.39, 0.29) is 0 Å². The second-order valence-electron chi connectivity index (χ2n) is 5.64. The summed E-state index contributed by atoms with van der Waals surface area (Å²) in [5, 5.41) is 3.45. The van der Waals surface area contributed by atoms with Gasteiger partial charge < -0.3 is 15.0 Å². The summed E-state index contributed by atoms with van der Waals surface area (Å²) >= 11 is 3.58. The van der Waals surface area contributed by atoms with Gasteiger partial charge in [0.1, 0.15) is 0 Å². The van der Waals surface area contributed by atoms with E-state index in [4.69, 9.17) is 4.74 Å². The van der Waals surface area contributed by atoms with Gasteiger partial charge in [-0.05, 0) is 42.5 Å². The fourth-order valence-corrected chi connectivity index (χ4v) is 3.22. The molecule has 2 rings (SSSR count). The molecule has 1 heterocycles. The van der Waals surface area contributed by atoms with Crippen LogP contribution in [-0.2, 0) is 11.3 Å². The summed E-state index contributed by atoms with van der Waals surface area (Å²) in [6, 6.07) is 6.62. The predicted octanol–water partition coefficient (Wildman–Crippen LogP) is 3.42. The first kappa shape index (κ1) is 15.8. The Morgan fingerprint density at radius 2 is 2.30 bits per heavy atom. The Labute approximate surface area is 130 Å². The first-order chi connectivity index (χ1) is 9.70. The highest BCUT2D eigenvalue weighted by Gasteiger charge is 2.18. The number of nitrogens with zero attached hydrogens (tertiary/aromatic N) is 1. The summed E-state index contributed by atoms with van der Waals surface area (Å²) in [5.74, 6) is 0.793. The van der Waals surface area contributed by atoms with Crippen LogP contribution in [0.2, 0.25) is 0 Å². The molecule has 0 amide bonds. The third-order valence-electron chi connectivity index (χ3n) is 3.84. The van der Waals surface area contributed by atoms with Crippen LogP contribution in [0.1, 0.15) is 25.3 Å². The number of rotatable bonds is 6. The Kier molecular flexibility index (Phi) is 6.33. The van der Waals surface area contributed by atoms with Crippen LogP contribution in [0.4, 0.5) is 5.69 Å². The zero-order chi connectivity index (χ0) is 14.4. The van der Waals surface area contributed by atoms with Gasteiger partial charge in [0.25, 0.3) is 0 Å². The van der Waals surface area contributed by atoms with Crippen LogP contribution < -0.4 is 10.2 Å². The predicted molar refractivity (Wildman–Crippen MR) is 88.3 cm³/mol. The number of nitrogens with one attached hydrogen (secondary N) is 1. The summed E-state index contributed by atoms with van der Waals surface area (Å²) in [7, 11) is 1.74. The summed E-state index contributed by atoms with van der Waals surface area (Å²) in [6.45, 7) is 7.23. The van der Waals surface area contributed by atoms with Gasteiger partial charge in [0.15, 0.2) is 0 Å². The van der Waals surface area contributed by atoms with E-state index >= 15 is 0 Å². The monoisotopic (exact) mass is 340 g/mol. The summed E-state index contributed by atoms with van der Waals surface area (Å²) in [6.07, 6.45) is 2.65. The van der Waals surface area contributed by atoms with Crippen molar-refractivity contribution < 1.29 is 4.74 Å².